The molecule has 1 heterocycles. The van der Waals surface area contributed by atoms with Crippen LogP contribution in [0.15, 0.2) is 77.7 Å². The molecule has 0 bridgehead atoms. The van der Waals surface area contributed by atoms with Crippen molar-refractivity contribution in [2.24, 2.45) is 0 Å². The highest BCUT2D eigenvalue weighted by Crippen LogP contribution is 2.36. The highest BCUT2D eigenvalue weighted by Gasteiger charge is 2.27. The number of rotatable bonds is 7. The maximum absolute atomic E-state index is 13.4. The molecule has 0 N–H and O–H groups in total. The normalized spacial score (nSPS) is 13.1. The fourth-order valence-corrected chi connectivity index (χ4v) is 5.82. The van der Waals surface area contributed by atoms with Gasteiger partial charge in [0.15, 0.2) is 6.61 Å². The number of aryl methyl sites for hydroxylation is 2. The van der Waals surface area contributed by atoms with E-state index in [9.17, 15) is 18.0 Å². The van der Waals surface area contributed by atoms with Gasteiger partial charge in [0, 0.05) is 13.1 Å². The lowest BCUT2D eigenvalue weighted by atomic mass is 10.0. The number of nitrogens with zero attached hydrogens (tertiary/aromatic N) is 2. The molecule has 35 heavy (non-hydrogen) atoms. The van der Waals surface area contributed by atoms with Crippen LogP contribution in [0.1, 0.15) is 35.3 Å². The Bertz CT molecular complexity index is 1300. The number of benzene rings is 3. The minimum Gasteiger partial charge on any atom is -0.452 e. The molecule has 3 aromatic carbocycles. The first-order valence-corrected chi connectivity index (χ1v) is 13.1. The number of carbonyl (C=O) groups excluding carboxylic acids is 2. The molecule has 0 aromatic heterocycles. The maximum atomic E-state index is 13.4. The minimum atomic E-state index is -3.73. The summed E-state index contributed by atoms with van der Waals surface area (Å²) in [5, 5.41) is 0. The largest absolute Gasteiger partial charge is 0.452 e. The van der Waals surface area contributed by atoms with Crippen molar-refractivity contribution < 1.29 is 22.7 Å². The van der Waals surface area contributed by atoms with Crippen molar-refractivity contribution in [3.05, 3.63) is 89.5 Å². The topological polar surface area (TPSA) is 84.0 Å². The first-order valence-electron chi connectivity index (χ1n) is 11.6. The van der Waals surface area contributed by atoms with E-state index in [-0.39, 0.29) is 16.4 Å². The molecule has 4 rings (SSSR count). The fourth-order valence-electron chi connectivity index (χ4n) is 4.32. The number of hydrogen-bond acceptors (Lipinski definition) is 5. The number of carbonyl (C=O) groups is 2. The average molecular weight is 493 g/mol. The maximum Gasteiger partial charge on any atom is 0.338 e. The summed E-state index contributed by atoms with van der Waals surface area (Å²) in [4.78, 5) is 27.7. The number of amides is 1. The van der Waals surface area contributed by atoms with Crippen LogP contribution in [0.5, 0.6) is 0 Å². The van der Waals surface area contributed by atoms with Gasteiger partial charge in [0.2, 0.25) is 10.0 Å². The van der Waals surface area contributed by atoms with Crippen LogP contribution in [0.4, 0.5) is 11.4 Å². The number of hydrogen-bond donors (Lipinski definition) is 0. The summed E-state index contributed by atoms with van der Waals surface area (Å²) in [5.74, 6) is -1.14. The van der Waals surface area contributed by atoms with Gasteiger partial charge >= 0.3 is 5.97 Å². The number of anilines is 2. The third kappa shape index (κ3) is 4.99. The zero-order chi connectivity index (χ0) is 25.0. The van der Waals surface area contributed by atoms with E-state index >= 15 is 0 Å². The van der Waals surface area contributed by atoms with E-state index in [0.29, 0.717) is 13.1 Å². The number of sulfonamides is 1. The van der Waals surface area contributed by atoms with Gasteiger partial charge in [-0.2, -0.15) is 4.31 Å². The average Bonchev–Trinajstić information content (AvgIpc) is 3.04. The third-order valence-electron chi connectivity index (χ3n) is 6.12. The van der Waals surface area contributed by atoms with E-state index < -0.39 is 22.6 Å². The predicted octanol–water partition coefficient (Wildman–Crippen LogP) is 4.34. The Labute approximate surface area is 206 Å². The Kier molecular flexibility index (Phi) is 7.33. The second-order valence-electron chi connectivity index (χ2n) is 8.18. The van der Waals surface area contributed by atoms with Gasteiger partial charge in [0.25, 0.3) is 5.91 Å². The monoisotopic (exact) mass is 492 g/mol. The molecule has 182 valence electrons. The zero-order valence-electron chi connectivity index (χ0n) is 19.8. The highest BCUT2D eigenvalue weighted by molar-refractivity contribution is 7.89. The van der Waals surface area contributed by atoms with E-state index in [0.717, 1.165) is 35.3 Å². The Hall–Kier alpha value is -3.49. The summed E-state index contributed by atoms with van der Waals surface area (Å²) in [7, 11) is -3.73. The van der Waals surface area contributed by atoms with Crippen molar-refractivity contribution in [2.45, 2.75) is 31.6 Å². The van der Waals surface area contributed by atoms with Crippen LogP contribution >= 0.6 is 0 Å². The van der Waals surface area contributed by atoms with Crippen LogP contribution in [-0.4, -0.2) is 44.3 Å². The number of esters is 1. The van der Waals surface area contributed by atoms with Gasteiger partial charge in [-0.25, -0.2) is 13.2 Å². The van der Waals surface area contributed by atoms with E-state index in [1.165, 1.54) is 28.6 Å². The molecular formula is C27H28N2O5S. The summed E-state index contributed by atoms with van der Waals surface area (Å²) < 4.78 is 32.3. The lowest BCUT2D eigenvalue weighted by Gasteiger charge is -2.24. The summed E-state index contributed by atoms with van der Waals surface area (Å²) >= 11 is 0. The van der Waals surface area contributed by atoms with Crippen molar-refractivity contribution in [3.63, 3.8) is 0 Å². The summed E-state index contributed by atoms with van der Waals surface area (Å²) in [6, 6.07) is 21.1. The number of fused-ring (bicyclic) bond motifs is 2. The SMILES string of the molecule is CCN(CC)S(=O)(=O)c1cccc(C(=O)OCC(=O)N2c3ccccc3CCc3ccccc32)c1. The van der Waals surface area contributed by atoms with Gasteiger partial charge in [-0.15, -0.1) is 0 Å². The van der Waals surface area contributed by atoms with Crippen LogP contribution in [0, 0.1) is 0 Å². The molecule has 0 saturated carbocycles. The molecule has 0 fully saturated rings. The molecule has 0 radical (unpaired) electrons. The molecule has 0 aliphatic carbocycles. The Morgan fingerprint density at radius 2 is 1.43 bits per heavy atom. The molecule has 0 spiro atoms. The van der Waals surface area contributed by atoms with Gasteiger partial charge in [-0.05, 0) is 54.3 Å². The lowest BCUT2D eigenvalue weighted by Crippen LogP contribution is -2.32. The van der Waals surface area contributed by atoms with Gasteiger partial charge < -0.3 is 4.74 Å². The van der Waals surface area contributed by atoms with Crippen LogP contribution in [0.3, 0.4) is 0 Å². The number of ether oxygens (including phenoxy) is 1. The van der Waals surface area contributed by atoms with Crippen molar-refractivity contribution >= 4 is 33.3 Å². The van der Waals surface area contributed by atoms with Gasteiger partial charge in [-0.3, -0.25) is 9.69 Å². The second-order valence-corrected chi connectivity index (χ2v) is 10.1. The highest BCUT2D eigenvalue weighted by atomic mass is 32.2. The van der Waals surface area contributed by atoms with Crippen molar-refractivity contribution in [1.29, 1.82) is 0 Å². The van der Waals surface area contributed by atoms with Crippen LogP contribution in [-0.2, 0) is 32.4 Å². The van der Waals surface area contributed by atoms with Crippen LogP contribution in [0.25, 0.3) is 0 Å². The summed E-state index contributed by atoms with van der Waals surface area (Å²) in [6.45, 7) is 3.67. The molecule has 0 unspecified atom stereocenters. The summed E-state index contributed by atoms with van der Waals surface area (Å²) in [6.07, 6.45) is 1.59. The van der Waals surface area contributed by atoms with Gasteiger partial charge in [0.1, 0.15) is 0 Å². The fraction of sp³-hybridized carbons (Fsp3) is 0.259. The summed E-state index contributed by atoms with van der Waals surface area (Å²) in [5.41, 5.74) is 3.69. The van der Waals surface area contributed by atoms with Crippen molar-refractivity contribution in [1.82, 2.24) is 4.31 Å². The molecule has 1 amide bonds. The molecule has 0 atom stereocenters. The van der Waals surface area contributed by atoms with E-state index in [1.54, 1.807) is 18.7 Å². The van der Waals surface area contributed by atoms with E-state index in [4.69, 9.17) is 4.74 Å². The standard InChI is InChI=1S/C27H28N2O5S/c1-3-28(4-2)35(32,33)23-13-9-12-22(18-23)27(31)34-19-26(30)29-24-14-7-5-10-20(24)16-17-21-11-6-8-15-25(21)29/h5-15,18H,3-4,16-17,19H2,1-2H3. The van der Waals surface area contributed by atoms with Crippen molar-refractivity contribution in [2.75, 3.05) is 24.6 Å². The molecule has 0 saturated heterocycles. The van der Waals surface area contributed by atoms with Gasteiger partial charge in [-0.1, -0.05) is 56.3 Å². The Balaban J connectivity index is 1.56. The zero-order valence-corrected chi connectivity index (χ0v) is 20.6. The minimum absolute atomic E-state index is 0.0114. The Morgan fingerprint density at radius 1 is 0.857 bits per heavy atom. The first-order chi connectivity index (χ1) is 16.9. The number of para-hydroxylation sites is 2. The molecular weight excluding hydrogens is 464 g/mol. The van der Waals surface area contributed by atoms with Crippen LogP contribution in [0.2, 0.25) is 0 Å². The quantitative estimate of drug-likeness (QED) is 0.458. The Morgan fingerprint density at radius 3 is 2.00 bits per heavy atom. The third-order valence-corrected chi connectivity index (χ3v) is 8.16. The van der Waals surface area contributed by atoms with E-state index in [2.05, 4.69) is 0 Å². The molecule has 8 heteroatoms. The predicted molar refractivity (Wildman–Crippen MR) is 134 cm³/mol. The van der Waals surface area contributed by atoms with E-state index in [1.807, 2.05) is 48.5 Å². The molecule has 1 aliphatic heterocycles. The van der Waals surface area contributed by atoms with Gasteiger partial charge in [0.05, 0.1) is 21.8 Å². The molecule has 1 aliphatic rings. The second kappa shape index (κ2) is 10.4. The molecule has 3 aromatic rings. The first kappa shape index (κ1) is 24.6. The lowest BCUT2D eigenvalue weighted by molar-refractivity contribution is -0.120. The van der Waals surface area contributed by atoms with Crippen LogP contribution < -0.4 is 4.90 Å². The molecule has 7 nitrogen and oxygen atoms in total. The smallest absolute Gasteiger partial charge is 0.338 e. The van der Waals surface area contributed by atoms with Crippen molar-refractivity contribution in [3.8, 4) is 0 Å².